The van der Waals surface area contributed by atoms with Gasteiger partial charge in [0.2, 0.25) is 5.88 Å². The maximum Gasteiger partial charge on any atom is 0.237 e. The fraction of sp³-hybridized carbons (Fsp3) is 0.308. The SMILES string of the molecule is Clc1cncc(Oc2cnc(CNC3CC3)cn2)c1. The summed E-state index contributed by atoms with van der Waals surface area (Å²) in [4.78, 5) is 12.4. The summed E-state index contributed by atoms with van der Waals surface area (Å²) in [6, 6.07) is 2.34. The predicted octanol–water partition coefficient (Wildman–Crippen LogP) is 2.57. The van der Waals surface area contributed by atoms with Crippen LogP contribution in [-0.4, -0.2) is 21.0 Å². The van der Waals surface area contributed by atoms with Crippen LogP contribution in [0.2, 0.25) is 5.02 Å². The summed E-state index contributed by atoms with van der Waals surface area (Å²) < 4.78 is 5.51. The number of hydrogen-bond acceptors (Lipinski definition) is 5. The third-order valence-corrected chi connectivity index (χ3v) is 2.94. The van der Waals surface area contributed by atoms with E-state index in [-0.39, 0.29) is 0 Å². The lowest BCUT2D eigenvalue weighted by Crippen LogP contribution is -2.16. The number of halogens is 1. The van der Waals surface area contributed by atoms with E-state index in [1.165, 1.54) is 12.8 Å². The second kappa shape index (κ2) is 5.50. The van der Waals surface area contributed by atoms with Crippen molar-refractivity contribution >= 4 is 11.6 Å². The van der Waals surface area contributed by atoms with E-state index in [2.05, 4.69) is 20.3 Å². The van der Waals surface area contributed by atoms with Crippen LogP contribution in [0.5, 0.6) is 11.6 Å². The highest BCUT2D eigenvalue weighted by Gasteiger charge is 2.20. The van der Waals surface area contributed by atoms with Crippen molar-refractivity contribution in [1.82, 2.24) is 20.3 Å². The number of aromatic nitrogens is 3. The summed E-state index contributed by atoms with van der Waals surface area (Å²) >= 11 is 5.83. The van der Waals surface area contributed by atoms with Crippen LogP contribution in [-0.2, 0) is 6.54 Å². The van der Waals surface area contributed by atoms with Gasteiger partial charge in [0.25, 0.3) is 0 Å². The molecule has 0 amide bonds. The molecule has 2 aromatic heterocycles. The molecule has 19 heavy (non-hydrogen) atoms. The lowest BCUT2D eigenvalue weighted by molar-refractivity contribution is 0.456. The summed E-state index contributed by atoms with van der Waals surface area (Å²) in [5, 5.41) is 3.90. The minimum absolute atomic E-state index is 0.430. The third-order valence-electron chi connectivity index (χ3n) is 2.73. The molecule has 0 saturated heterocycles. The first kappa shape index (κ1) is 12.3. The number of nitrogens with zero attached hydrogens (tertiary/aromatic N) is 3. The number of rotatable bonds is 5. The molecule has 3 rings (SSSR count). The topological polar surface area (TPSA) is 59.9 Å². The molecule has 1 N–H and O–H groups in total. The highest BCUT2D eigenvalue weighted by Crippen LogP contribution is 2.21. The van der Waals surface area contributed by atoms with Crippen molar-refractivity contribution in [3.05, 3.63) is 41.6 Å². The normalized spacial score (nSPS) is 14.4. The molecule has 1 aliphatic carbocycles. The second-order valence-corrected chi connectivity index (χ2v) is 4.88. The molecule has 1 aliphatic rings. The Kier molecular flexibility index (Phi) is 3.57. The van der Waals surface area contributed by atoms with Crippen molar-refractivity contribution in [2.24, 2.45) is 0 Å². The molecule has 0 radical (unpaired) electrons. The Bertz CT molecular complexity index is 557. The first-order valence-corrected chi connectivity index (χ1v) is 6.50. The molecular weight excluding hydrogens is 264 g/mol. The van der Waals surface area contributed by atoms with Gasteiger partial charge in [-0.2, -0.15) is 0 Å². The smallest absolute Gasteiger partial charge is 0.237 e. The second-order valence-electron chi connectivity index (χ2n) is 4.44. The molecule has 98 valence electrons. The van der Waals surface area contributed by atoms with Crippen LogP contribution in [0.4, 0.5) is 0 Å². The largest absolute Gasteiger partial charge is 0.436 e. The molecule has 6 heteroatoms. The van der Waals surface area contributed by atoms with Crippen LogP contribution < -0.4 is 10.1 Å². The third kappa shape index (κ3) is 3.62. The number of nitrogens with one attached hydrogen (secondary N) is 1. The Morgan fingerprint density at radius 1 is 1.21 bits per heavy atom. The standard InChI is InChI=1S/C13H13ClN4O/c14-9-3-12(7-15-4-9)19-13-8-17-11(6-18-13)5-16-10-1-2-10/h3-4,6-8,10,16H,1-2,5H2. The average molecular weight is 277 g/mol. The molecule has 0 aliphatic heterocycles. The van der Waals surface area contributed by atoms with Crippen molar-refractivity contribution in [1.29, 1.82) is 0 Å². The summed E-state index contributed by atoms with van der Waals surface area (Å²) in [7, 11) is 0. The van der Waals surface area contributed by atoms with E-state index in [0.717, 1.165) is 12.2 Å². The van der Waals surface area contributed by atoms with Crippen molar-refractivity contribution in [2.75, 3.05) is 0 Å². The zero-order valence-electron chi connectivity index (χ0n) is 10.2. The van der Waals surface area contributed by atoms with E-state index in [9.17, 15) is 0 Å². The van der Waals surface area contributed by atoms with Crippen LogP contribution in [0.15, 0.2) is 30.9 Å². The molecule has 0 spiro atoms. The van der Waals surface area contributed by atoms with E-state index in [1.54, 1.807) is 30.9 Å². The Hall–Kier alpha value is -1.72. The fourth-order valence-electron chi connectivity index (χ4n) is 1.59. The van der Waals surface area contributed by atoms with Gasteiger partial charge in [-0.3, -0.25) is 9.97 Å². The van der Waals surface area contributed by atoms with Crippen LogP contribution in [0.3, 0.4) is 0 Å². The van der Waals surface area contributed by atoms with Crippen molar-refractivity contribution in [3.63, 3.8) is 0 Å². The molecular formula is C13H13ClN4O. The lowest BCUT2D eigenvalue weighted by Gasteiger charge is -2.05. The lowest BCUT2D eigenvalue weighted by atomic mass is 10.4. The predicted molar refractivity (Wildman–Crippen MR) is 71.2 cm³/mol. The van der Waals surface area contributed by atoms with Crippen LogP contribution >= 0.6 is 11.6 Å². The number of hydrogen-bond donors (Lipinski definition) is 1. The van der Waals surface area contributed by atoms with Crippen molar-refractivity contribution in [2.45, 2.75) is 25.4 Å². The molecule has 1 saturated carbocycles. The van der Waals surface area contributed by atoms with E-state index >= 15 is 0 Å². The Morgan fingerprint density at radius 2 is 2.11 bits per heavy atom. The highest BCUT2D eigenvalue weighted by atomic mass is 35.5. The van der Waals surface area contributed by atoms with Gasteiger partial charge in [0.15, 0.2) is 0 Å². The van der Waals surface area contributed by atoms with Crippen LogP contribution in [0.1, 0.15) is 18.5 Å². The van der Waals surface area contributed by atoms with E-state index in [0.29, 0.717) is 22.7 Å². The molecule has 0 bridgehead atoms. The first-order chi connectivity index (χ1) is 9.29. The Morgan fingerprint density at radius 3 is 2.79 bits per heavy atom. The van der Waals surface area contributed by atoms with Crippen LogP contribution in [0, 0.1) is 0 Å². The summed E-state index contributed by atoms with van der Waals surface area (Å²) in [5.41, 5.74) is 0.906. The molecule has 2 heterocycles. The molecule has 1 fully saturated rings. The minimum Gasteiger partial charge on any atom is -0.436 e. The molecule has 0 aromatic carbocycles. The van der Waals surface area contributed by atoms with E-state index < -0.39 is 0 Å². The maximum absolute atomic E-state index is 5.83. The van der Waals surface area contributed by atoms with Gasteiger partial charge in [-0.25, -0.2) is 4.98 Å². The zero-order chi connectivity index (χ0) is 13.1. The Labute approximate surface area is 116 Å². The summed E-state index contributed by atoms with van der Waals surface area (Å²) in [6.45, 7) is 0.747. The fourth-order valence-corrected chi connectivity index (χ4v) is 1.76. The highest BCUT2D eigenvalue weighted by molar-refractivity contribution is 6.30. The average Bonchev–Trinajstić information content (AvgIpc) is 3.22. The minimum atomic E-state index is 0.430. The summed E-state index contributed by atoms with van der Waals surface area (Å²) in [6.07, 6.45) is 8.96. The Balaban J connectivity index is 1.61. The summed E-state index contributed by atoms with van der Waals surface area (Å²) in [5.74, 6) is 0.977. The first-order valence-electron chi connectivity index (χ1n) is 6.12. The van der Waals surface area contributed by atoms with Gasteiger partial charge in [0, 0.05) is 24.8 Å². The molecule has 0 unspecified atom stereocenters. The number of ether oxygens (including phenoxy) is 1. The molecule has 2 aromatic rings. The van der Waals surface area contributed by atoms with Gasteiger partial charge in [-0.1, -0.05) is 11.6 Å². The monoisotopic (exact) mass is 276 g/mol. The van der Waals surface area contributed by atoms with Gasteiger partial charge >= 0.3 is 0 Å². The van der Waals surface area contributed by atoms with Gasteiger partial charge < -0.3 is 10.1 Å². The van der Waals surface area contributed by atoms with Crippen LogP contribution in [0.25, 0.3) is 0 Å². The van der Waals surface area contributed by atoms with Crippen molar-refractivity contribution in [3.8, 4) is 11.6 Å². The van der Waals surface area contributed by atoms with E-state index in [1.807, 2.05) is 0 Å². The zero-order valence-corrected chi connectivity index (χ0v) is 11.0. The van der Waals surface area contributed by atoms with E-state index in [4.69, 9.17) is 16.3 Å². The number of pyridine rings is 1. The van der Waals surface area contributed by atoms with Gasteiger partial charge in [-0.05, 0) is 12.8 Å². The van der Waals surface area contributed by atoms with Gasteiger partial charge in [0.05, 0.1) is 29.3 Å². The van der Waals surface area contributed by atoms with Gasteiger partial charge in [-0.15, -0.1) is 0 Å². The van der Waals surface area contributed by atoms with Gasteiger partial charge in [0.1, 0.15) is 5.75 Å². The quantitative estimate of drug-likeness (QED) is 0.909. The molecule has 5 nitrogen and oxygen atoms in total. The van der Waals surface area contributed by atoms with Crippen molar-refractivity contribution < 1.29 is 4.74 Å². The molecule has 0 atom stereocenters. The maximum atomic E-state index is 5.83.